The number of nitro benzene ring substituents is 1. The van der Waals surface area contributed by atoms with E-state index in [0.29, 0.717) is 22.0 Å². The Morgan fingerprint density at radius 3 is 2.70 bits per heavy atom. The van der Waals surface area contributed by atoms with E-state index in [-0.39, 0.29) is 5.69 Å². The number of hydrogen-bond acceptors (Lipinski definition) is 6. The fourth-order valence-electron chi connectivity index (χ4n) is 2.03. The third-order valence-corrected chi connectivity index (χ3v) is 3.57. The number of esters is 1. The third kappa shape index (κ3) is 6.12. The molecule has 0 spiro atoms. The van der Waals surface area contributed by atoms with E-state index in [2.05, 4.69) is 5.32 Å². The standard InChI is InChI=1S/C18H15ClN2O6/c1-26-16-7-6-13(10-15(16)19)20-17(22)11-27-18(23)8-5-12-3-2-4-14(9-12)21(24)25/h2-10H,11H2,1H3,(H,20,22)/b8-5+. The number of halogens is 1. The van der Waals surface area contributed by atoms with E-state index in [1.54, 1.807) is 18.2 Å². The van der Waals surface area contributed by atoms with Crippen molar-refractivity contribution in [1.29, 1.82) is 0 Å². The number of rotatable bonds is 7. The van der Waals surface area contributed by atoms with E-state index in [0.717, 1.165) is 6.08 Å². The van der Waals surface area contributed by atoms with Crippen LogP contribution in [0, 0.1) is 10.1 Å². The Morgan fingerprint density at radius 1 is 1.26 bits per heavy atom. The number of amides is 1. The molecule has 2 aromatic rings. The number of non-ortho nitro benzene ring substituents is 1. The topological polar surface area (TPSA) is 108 Å². The van der Waals surface area contributed by atoms with Gasteiger partial charge in [0.1, 0.15) is 5.75 Å². The zero-order valence-corrected chi connectivity index (χ0v) is 14.9. The molecule has 140 valence electrons. The van der Waals surface area contributed by atoms with Crippen LogP contribution in [0.15, 0.2) is 48.5 Å². The van der Waals surface area contributed by atoms with Gasteiger partial charge in [-0.1, -0.05) is 23.7 Å². The van der Waals surface area contributed by atoms with Crippen LogP contribution < -0.4 is 10.1 Å². The number of nitrogens with one attached hydrogen (secondary N) is 1. The molecule has 0 saturated carbocycles. The summed E-state index contributed by atoms with van der Waals surface area (Å²) in [6.45, 7) is -0.498. The number of methoxy groups -OCH3 is 1. The monoisotopic (exact) mass is 390 g/mol. The number of benzene rings is 2. The van der Waals surface area contributed by atoms with E-state index >= 15 is 0 Å². The Kier molecular flexibility index (Phi) is 6.90. The SMILES string of the molecule is COc1ccc(NC(=O)COC(=O)/C=C/c2cccc([N+](=O)[O-])c2)cc1Cl. The Balaban J connectivity index is 1.86. The molecule has 1 amide bonds. The van der Waals surface area contributed by atoms with Crippen molar-refractivity contribution in [2.45, 2.75) is 0 Å². The molecule has 2 aromatic carbocycles. The number of carbonyl (C=O) groups is 2. The molecule has 1 N–H and O–H groups in total. The molecular weight excluding hydrogens is 376 g/mol. The Hall–Kier alpha value is -3.39. The number of nitrogens with zero attached hydrogens (tertiary/aromatic N) is 1. The number of carbonyl (C=O) groups excluding carboxylic acids is 2. The van der Waals surface area contributed by atoms with Crippen LogP contribution in [0.25, 0.3) is 6.08 Å². The average molecular weight is 391 g/mol. The lowest BCUT2D eigenvalue weighted by Gasteiger charge is -2.08. The summed E-state index contributed by atoms with van der Waals surface area (Å²) in [5.74, 6) is -0.842. The van der Waals surface area contributed by atoms with E-state index in [9.17, 15) is 19.7 Å². The molecule has 0 aliphatic carbocycles. The highest BCUT2D eigenvalue weighted by Crippen LogP contribution is 2.27. The van der Waals surface area contributed by atoms with Gasteiger partial charge in [-0.3, -0.25) is 14.9 Å². The van der Waals surface area contributed by atoms with E-state index in [1.807, 2.05) is 0 Å². The lowest BCUT2D eigenvalue weighted by atomic mass is 10.2. The molecule has 0 atom stereocenters. The van der Waals surface area contributed by atoms with Crippen LogP contribution >= 0.6 is 11.6 Å². The van der Waals surface area contributed by atoms with Gasteiger partial charge >= 0.3 is 5.97 Å². The molecule has 8 nitrogen and oxygen atoms in total. The van der Waals surface area contributed by atoms with Crippen LogP contribution in [0.1, 0.15) is 5.56 Å². The van der Waals surface area contributed by atoms with Gasteiger partial charge in [-0.25, -0.2) is 4.79 Å². The number of anilines is 1. The molecule has 0 aliphatic rings. The van der Waals surface area contributed by atoms with Crippen LogP contribution in [-0.4, -0.2) is 30.5 Å². The largest absolute Gasteiger partial charge is 0.495 e. The van der Waals surface area contributed by atoms with Gasteiger partial charge in [-0.05, 0) is 29.8 Å². The first-order valence-electron chi connectivity index (χ1n) is 7.61. The third-order valence-electron chi connectivity index (χ3n) is 3.27. The van der Waals surface area contributed by atoms with Crippen molar-refractivity contribution in [3.8, 4) is 5.75 Å². The number of ether oxygens (including phenoxy) is 2. The summed E-state index contributed by atoms with van der Waals surface area (Å²) in [5.41, 5.74) is 0.788. The predicted octanol–water partition coefficient (Wildman–Crippen LogP) is 3.45. The molecule has 0 aromatic heterocycles. The first-order chi connectivity index (χ1) is 12.9. The van der Waals surface area contributed by atoms with Crippen LogP contribution in [-0.2, 0) is 14.3 Å². The molecule has 0 radical (unpaired) electrons. The normalized spacial score (nSPS) is 10.4. The second-order valence-electron chi connectivity index (χ2n) is 5.19. The van der Waals surface area contributed by atoms with Crippen molar-refractivity contribution < 1.29 is 24.0 Å². The Morgan fingerprint density at radius 2 is 2.04 bits per heavy atom. The fraction of sp³-hybridized carbons (Fsp3) is 0.111. The number of hydrogen-bond donors (Lipinski definition) is 1. The Bertz CT molecular complexity index is 897. The van der Waals surface area contributed by atoms with Crippen molar-refractivity contribution in [2.24, 2.45) is 0 Å². The number of nitro groups is 1. The maximum absolute atomic E-state index is 11.8. The minimum Gasteiger partial charge on any atom is -0.495 e. The van der Waals surface area contributed by atoms with Gasteiger partial charge in [0.25, 0.3) is 11.6 Å². The zero-order chi connectivity index (χ0) is 19.8. The maximum Gasteiger partial charge on any atom is 0.331 e. The minimum absolute atomic E-state index is 0.0944. The molecule has 0 fully saturated rings. The summed E-state index contributed by atoms with van der Waals surface area (Å²) in [7, 11) is 1.47. The molecule has 0 heterocycles. The summed E-state index contributed by atoms with van der Waals surface area (Å²) in [4.78, 5) is 33.7. The van der Waals surface area contributed by atoms with Gasteiger partial charge in [0.05, 0.1) is 17.1 Å². The predicted molar refractivity (Wildman–Crippen MR) is 99.7 cm³/mol. The van der Waals surface area contributed by atoms with Gasteiger partial charge in [0.2, 0.25) is 0 Å². The summed E-state index contributed by atoms with van der Waals surface area (Å²) in [5, 5.41) is 13.6. The first-order valence-corrected chi connectivity index (χ1v) is 7.99. The lowest BCUT2D eigenvalue weighted by molar-refractivity contribution is -0.384. The molecule has 0 saturated heterocycles. The van der Waals surface area contributed by atoms with Crippen LogP contribution in [0.5, 0.6) is 5.75 Å². The van der Waals surface area contributed by atoms with Gasteiger partial charge in [-0.15, -0.1) is 0 Å². The lowest BCUT2D eigenvalue weighted by Crippen LogP contribution is -2.20. The summed E-state index contributed by atoms with van der Waals surface area (Å²) < 4.78 is 9.83. The fourth-order valence-corrected chi connectivity index (χ4v) is 2.29. The highest BCUT2D eigenvalue weighted by atomic mass is 35.5. The van der Waals surface area contributed by atoms with E-state index in [4.69, 9.17) is 21.1 Å². The maximum atomic E-state index is 11.8. The molecular formula is C18H15ClN2O6. The minimum atomic E-state index is -0.760. The molecule has 27 heavy (non-hydrogen) atoms. The van der Waals surface area contributed by atoms with E-state index in [1.165, 1.54) is 37.5 Å². The summed E-state index contributed by atoms with van der Waals surface area (Å²) >= 11 is 5.96. The van der Waals surface area contributed by atoms with E-state index < -0.39 is 23.4 Å². The molecule has 2 rings (SSSR count). The average Bonchev–Trinajstić information content (AvgIpc) is 2.65. The van der Waals surface area contributed by atoms with Crippen molar-refractivity contribution >= 4 is 40.9 Å². The summed E-state index contributed by atoms with van der Waals surface area (Å²) in [6.07, 6.45) is 2.44. The molecule has 0 unspecified atom stereocenters. The van der Waals surface area contributed by atoms with Crippen molar-refractivity contribution in [3.63, 3.8) is 0 Å². The quantitative estimate of drug-likeness (QED) is 0.336. The molecule has 9 heteroatoms. The highest BCUT2D eigenvalue weighted by Gasteiger charge is 2.08. The van der Waals surface area contributed by atoms with Crippen molar-refractivity contribution in [1.82, 2.24) is 0 Å². The van der Waals surface area contributed by atoms with Gasteiger partial charge in [0, 0.05) is 23.9 Å². The van der Waals surface area contributed by atoms with Crippen LogP contribution in [0.4, 0.5) is 11.4 Å². The summed E-state index contributed by atoms with van der Waals surface area (Å²) in [6, 6.07) is 10.4. The van der Waals surface area contributed by atoms with Crippen LogP contribution in [0.2, 0.25) is 5.02 Å². The van der Waals surface area contributed by atoms with Crippen LogP contribution in [0.3, 0.4) is 0 Å². The van der Waals surface area contributed by atoms with Gasteiger partial charge < -0.3 is 14.8 Å². The second kappa shape index (κ2) is 9.35. The highest BCUT2D eigenvalue weighted by molar-refractivity contribution is 6.32. The Labute approximate surface area is 159 Å². The van der Waals surface area contributed by atoms with Crippen molar-refractivity contribution in [3.05, 3.63) is 69.2 Å². The zero-order valence-electron chi connectivity index (χ0n) is 14.2. The van der Waals surface area contributed by atoms with Crippen molar-refractivity contribution in [2.75, 3.05) is 19.0 Å². The van der Waals surface area contributed by atoms with Gasteiger partial charge in [0.15, 0.2) is 6.61 Å². The molecule has 0 aliphatic heterocycles. The van der Waals surface area contributed by atoms with Gasteiger partial charge in [-0.2, -0.15) is 0 Å². The molecule has 0 bridgehead atoms. The smallest absolute Gasteiger partial charge is 0.331 e. The second-order valence-corrected chi connectivity index (χ2v) is 5.60. The first kappa shape index (κ1) is 19.9.